The van der Waals surface area contributed by atoms with Crippen molar-refractivity contribution in [2.24, 2.45) is 5.92 Å². The molecule has 15 heavy (non-hydrogen) atoms. The quantitative estimate of drug-likeness (QED) is 0.568. The van der Waals surface area contributed by atoms with Crippen molar-refractivity contribution in [3.05, 3.63) is 35.9 Å². The normalized spacial score (nSPS) is 17.0. The van der Waals surface area contributed by atoms with Crippen molar-refractivity contribution >= 4 is 0 Å². The Bertz CT molecular complexity index is 332. The molecule has 1 aliphatic rings. The van der Waals surface area contributed by atoms with Gasteiger partial charge in [-0.25, -0.2) is 0 Å². The second-order valence-electron chi connectivity index (χ2n) is 4.13. The lowest BCUT2D eigenvalue weighted by atomic mass is 10.0. The van der Waals surface area contributed by atoms with Gasteiger partial charge in [-0.3, -0.25) is 0 Å². The van der Waals surface area contributed by atoms with Crippen molar-refractivity contribution < 1.29 is 0 Å². The van der Waals surface area contributed by atoms with Crippen LogP contribution in [0.25, 0.3) is 0 Å². The Morgan fingerprint density at radius 2 is 2.07 bits per heavy atom. The highest BCUT2D eigenvalue weighted by Gasteiger charge is 2.31. The highest BCUT2D eigenvalue weighted by Crippen LogP contribution is 2.40. The van der Waals surface area contributed by atoms with Crippen molar-refractivity contribution in [2.45, 2.75) is 25.3 Å². The van der Waals surface area contributed by atoms with Crippen molar-refractivity contribution in [1.82, 2.24) is 5.32 Å². The molecule has 1 aliphatic carbocycles. The fraction of sp³-hybridized carbons (Fsp3) is 0.429. The van der Waals surface area contributed by atoms with Gasteiger partial charge in [0.25, 0.3) is 0 Å². The van der Waals surface area contributed by atoms with E-state index in [2.05, 4.69) is 41.6 Å². The molecule has 0 amide bonds. The Balaban J connectivity index is 1.98. The molecule has 1 fully saturated rings. The molecule has 0 bridgehead atoms. The van der Waals surface area contributed by atoms with E-state index < -0.39 is 0 Å². The second-order valence-corrected chi connectivity index (χ2v) is 4.13. The van der Waals surface area contributed by atoms with E-state index in [-0.39, 0.29) is 0 Å². The zero-order valence-corrected chi connectivity index (χ0v) is 8.95. The lowest BCUT2D eigenvalue weighted by Gasteiger charge is -2.18. The van der Waals surface area contributed by atoms with Gasteiger partial charge in [0.15, 0.2) is 0 Å². The molecule has 0 spiro atoms. The maximum atomic E-state index is 5.26. The standard InChI is InChI=1S/C14H17N/c1-2-3-11-15-14(13-9-10-13)12-7-5-4-6-8-12/h1,4-8,13-15H,3,9-11H2. The van der Waals surface area contributed by atoms with Gasteiger partial charge in [-0.05, 0) is 24.3 Å². The number of hydrogen-bond acceptors (Lipinski definition) is 1. The molecule has 0 radical (unpaired) electrons. The van der Waals surface area contributed by atoms with Gasteiger partial charge in [0.05, 0.1) is 0 Å². The van der Waals surface area contributed by atoms with Crippen LogP contribution in [0, 0.1) is 18.3 Å². The summed E-state index contributed by atoms with van der Waals surface area (Å²) < 4.78 is 0. The van der Waals surface area contributed by atoms with Crippen LogP contribution in [0.1, 0.15) is 30.9 Å². The minimum absolute atomic E-state index is 0.513. The Hall–Kier alpha value is -1.26. The predicted octanol–water partition coefficient (Wildman–Crippen LogP) is 2.75. The molecule has 0 aliphatic heterocycles. The molecule has 1 aromatic rings. The Labute approximate surface area is 91.9 Å². The average molecular weight is 199 g/mol. The first-order chi connectivity index (χ1) is 7.42. The van der Waals surface area contributed by atoms with Crippen molar-refractivity contribution in [1.29, 1.82) is 0 Å². The summed E-state index contributed by atoms with van der Waals surface area (Å²) in [6, 6.07) is 11.2. The van der Waals surface area contributed by atoms with Crippen LogP contribution in [0.2, 0.25) is 0 Å². The van der Waals surface area contributed by atoms with Gasteiger partial charge in [0, 0.05) is 19.0 Å². The Morgan fingerprint density at radius 3 is 2.67 bits per heavy atom. The number of nitrogens with one attached hydrogen (secondary N) is 1. The molecular weight excluding hydrogens is 182 g/mol. The summed E-state index contributed by atoms with van der Waals surface area (Å²) in [6.45, 7) is 0.923. The second kappa shape index (κ2) is 5.00. The van der Waals surface area contributed by atoms with Crippen LogP contribution in [-0.2, 0) is 0 Å². The smallest absolute Gasteiger partial charge is 0.0349 e. The third-order valence-electron chi connectivity index (χ3n) is 2.89. The minimum atomic E-state index is 0.513. The predicted molar refractivity (Wildman–Crippen MR) is 63.4 cm³/mol. The molecule has 0 aromatic heterocycles. The van der Waals surface area contributed by atoms with E-state index >= 15 is 0 Å². The highest BCUT2D eigenvalue weighted by molar-refractivity contribution is 5.21. The van der Waals surface area contributed by atoms with Gasteiger partial charge in [-0.1, -0.05) is 30.3 Å². The fourth-order valence-corrected chi connectivity index (χ4v) is 1.95. The lowest BCUT2D eigenvalue weighted by Crippen LogP contribution is -2.23. The van der Waals surface area contributed by atoms with E-state index in [1.54, 1.807) is 0 Å². The molecule has 0 saturated heterocycles. The summed E-state index contributed by atoms with van der Waals surface area (Å²) in [6.07, 6.45) is 8.77. The van der Waals surface area contributed by atoms with Crippen LogP contribution >= 0.6 is 0 Å². The summed E-state index contributed by atoms with van der Waals surface area (Å²) in [7, 11) is 0. The molecule has 1 nitrogen and oxygen atoms in total. The third-order valence-corrected chi connectivity index (χ3v) is 2.89. The van der Waals surface area contributed by atoms with Crippen molar-refractivity contribution in [2.75, 3.05) is 6.54 Å². The summed E-state index contributed by atoms with van der Waals surface area (Å²) in [5, 5.41) is 3.56. The molecule has 1 unspecified atom stereocenters. The minimum Gasteiger partial charge on any atom is -0.309 e. The molecule has 0 heterocycles. The van der Waals surface area contributed by atoms with Crippen molar-refractivity contribution in [3.8, 4) is 12.3 Å². The number of benzene rings is 1. The van der Waals surface area contributed by atoms with Crippen LogP contribution in [0.5, 0.6) is 0 Å². The summed E-state index contributed by atoms with van der Waals surface area (Å²) in [5.74, 6) is 3.50. The first-order valence-corrected chi connectivity index (χ1v) is 5.63. The van der Waals surface area contributed by atoms with Crippen LogP contribution in [0.3, 0.4) is 0 Å². The van der Waals surface area contributed by atoms with Gasteiger partial charge in [-0.2, -0.15) is 0 Å². The van der Waals surface area contributed by atoms with Crippen LogP contribution in [0.15, 0.2) is 30.3 Å². The molecule has 1 heteroatoms. The maximum absolute atomic E-state index is 5.26. The Kier molecular flexibility index (Phi) is 3.42. The number of rotatable bonds is 5. The number of terminal acetylenes is 1. The summed E-state index contributed by atoms with van der Waals surface area (Å²) >= 11 is 0. The maximum Gasteiger partial charge on any atom is 0.0349 e. The highest BCUT2D eigenvalue weighted by atomic mass is 14.9. The fourth-order valence-electron chi connectivity index (χ4n) is 1.95. The first kappa shape index (κ1) is 10.3. The van der Waals surface area contributed by atoms with Gasteiger partial charge in [0.2, 0.25) is 0 Å². The molecule has 78 valence electrons. The average Bonchev–Trinajstić information content (AvgIpc) is 3.10. The lowest BCUT2D eigenvalue weighted by molar-refractivity contribution is 0.488. The summed E-state index contributed by atoms with van der Waals surface area (Å²) in [4.78, 5) is 0. The zero-order chi connectivity index (χ0) is 10.5. The topological polar surface area (TPSA) is 12.0 Å². The van der Waals surface area contributed by atoms with Gasteiger partial charge in [-0.15, -0.1) is 12.3 Å². The van der Waals surface area contributed by atoms with Gasteiger partial charge in [0.1, 0.15) is 0 Å². The zero-order valence-electron chi connectivity index (χ0n) is 8.95. The SMILES string of the molecule is C#CCCNC(c1ccccc1)C1CC1. The van der Waals surface area contributed by atoms with Crippen molar-refractivity contribution in [3.63, 3.8) is 0 Å². The largest absolute Gasteiger partial charge is 0.309 e. The molecule has 1 saturated carbocycles. The first-order valence-electron chi connectivity index (χ1n) is 5.63. The molecule has 1 N–H and O–H groups in total. The Morgan fingerprint density at radius 1 is 1.33 bits per heavy atom. The molecule has 1 atom stereocenters. The molecule has 2 rings (SSSR count). The van der Waals surface area contributed by atoms with Gasteiger partial charge < -0.3 is 5.32 Å². The van der Waals surface area contributed by atoms with E-state index in [1.165, 1.54) is 18.4 Å². The van der Waals surface area contributed by atoms with E-state index in [4.69, 9.17) is 6.42 Å². The van der Waals surface area contributed by atoms with Crippen LogP contribution in [0.4, 0.5) is 0 Å². The molecule has 1 aromatic carbocycles. The summed E-state index contributed by atoms with van der Waals surface area (Å²) in [5.41, 5.74) is 1.40. The molecular formula is C14H17N. The van der Waals surface area contributed by atoms with E-state index in [9.17, 15) is 0 Å². The monoisotopic (exact) mass is 199 g/mol. The van der Waals surface area contributed by atoms with Crippen LogP contribution < -0.4 is 5.32 Å². The van der Waals surface area contributed by atoms with Crippen LogP contribution in [-0.4, -0.2) is 6.54 Å². The van der Waals surface area contributed by atoms with E-state index in [1.807, 2.05) is 0 Å². The van der Waals surface area contributed by atoms with E-state index in [0.29, 0.717) is 6.04 Å². The third kappa shape index (κ3) is 2.84. The van der Waals surface area contributed by atoms with Gasteiger partial charge >= 0.3 is 0 Å². The van der Waals surface area contributed by atoms with E-state index in [0.717, 1.165) is 18.9 Å². The number of hydrogen-bond donors (Lipinski definition) is 1.